The summed E-state index contributed by atoms with van der Waals surface area (Å²) < 4.78 is 0. The summed E-state index contributed by atoms with van der Waals surface area (Å²) >= 11 is 0. The smallest absolute Gasteiger partial charge is 0.325 e. The van der Waals surface area contributed by atoms with E-state index in [1.54, 1.807) is 11.8 Å². The number of hydrogen-bond donors (Lipinski definition) is 2. The number of urea groups is 1. The molecule has 0 bridgehead atoms. The molecule has 2 atom stereocenters. The maximum absolute atomic E-state index is 12.9. The minimum atomic E-state index is -1.14. The van der Waals surface area contributed by atoms with E-state index in [0.717, 1.165) is 17.0 Å². The number of nitrogens with zero attached hydrogens (tertiary/aromatic N) is 2. The quantitative estimate of drug-likeness (QED) is 0.786. The first-order valence-corrected chi connectivity index (χ1v) is 8.54. The average Bonchev–Trinajstić information content (AvgIpc) is 2.80. The van der Waals surface area contributed by atoms with Crippen LogP contribution in [0, 0.1) is 6.92 Å². The van der Waals surface area contributed by atoms with Gasteiger partial charge < -0.3 is 15.5 Å². The van der Waals surface area contributed by atoms with Crippen molar-refractivity contribution in [3.8, 4) is 0 Å². The van der Waals surface area contributed by atoms with E-state index in [4.69, 9.17) is 0 Å². The SMILES string of the molecule is Cc1ccc(C2(C)NC(=O)N(CC(=O)N3CCNC[C@H]3C)C2=O)cc1. The molecule has 0 saturated carbocycles. The highest BCUT2D eigenvalue weighted by Gasteiger charge is 2.49. The van der Waals surface area contributed by atoms with Crippen molar-refractivity contribution >= 4 is 17.8 Å². The van der Waals surface area contributed by atoms with Crippen LogP contribution in [0.4, 0.5) is 4.79 Å². The number of imide groups is 1. The first-order chi connectivity index (χ1) is 11.8. The van der Waals surface area contributed by atoms with Gasteiger partial charge in [-0.25, -0.2) is 4.79 Å². The summed E-state index contributed by atoms with van der Waals surface area (Å²) in [6.45, 7) is 7.38. The lowest BCUT2D eigenvalue weighted by Crippen LogP contribution is -2.55. The number of rotatable bonds is 3. The fourth-order valence-electron chi connectivity index (χ4n) is 3.36. The van der Waals surface area contributed by atoms with Gasteiger partial charge in [0.05, 0.1) is 0 Å². The Morgan fingerprint density at radius 2 is 1.96 bits per heavy atom. The molecule has 2 heterocycles. The fourth-order valence-corrected chi connectivity index (χ4v) is 3.36. The zero-order valence-electron chi connectivity index (χ0n) is 14.8. The Morgan fingerprint density at radius 3 is 2.60 bits per heavy atom. The minimum Gasteiger partial charge on any atom is -0.336 e. The Hall–Kier alpha value is -2.41. The van der Waals surface area contributed by atoms with Gasteiger partial charge in [0.25, 0.3) is 5.91 Å². The molecule has 0 radical (unpaired) electrons. The van der Waals surface area contributed by atoms with Crippen molar-refractivity contribution in [3.63, 3.8) is 0 Å². The van der Waals surface area contributed by atoms with Gasteiger partial charge in [0.2, 0.25) is 5.91 Å². The fraction of sp³-hybridized carbons (Fsp3) is 0.500. The van der Waals surface area contributed by atoms with E-state index >= 15 is 0 Å². The van der Waals surface area contributed by atoms with Crippen LogP contribution in [-0.2, 0) is 15.1 Å². The molecular formula is C18H24N4O3. The lowest BCUT2D eigenvalue weighted by molar-refractivity contribution is -0.140. The highest BCUT2D eigenvalue weighted by atomic mass is 16.2. The molecule has 3 rings (SSSR count). The molecule has 0 aliphatic carbocycles. The molecular weight excluding hydrogens is 320 g/mol. The first kappa shape index (κ1) is 17.4. The summed E-state index contributed by atoms with van der Waals surface area (Å²) in [4.78, 5) is 40.6. The van der Waals surface area contributed by atoms with Crippen molar-refractivity contribution in [3.05, 3.63) is 35.4 Å². The summed E-state index contributed by atoms with van der Waals surface area (Å²) in [6, 6.07) is 6.98. The minimum absolute atomic E-state index is 0.0468. The monoisotopic (exact) mass is 344 g/mol. The third-order valence-corrected chi connectivity index (χ3v) is 5.02. The lowest BCUT2D eigenvalue weighted by Gasteiger charge is -2.34. The van der Waals surface area contributed by atoms with Crippen LogP contribution in [0.5, 0.6) is 0 Å². The number of hydrogen-bond acceptors (Lipinski definition) is 4. The Kier molecular flexibility index (Phi) is 4.51. The maximum Gasteiger partial charge on any atom is 0.325 e. The van der Waals surface area contributed by atoms with Crippen LogP contribution in [0.15, 0.2) is 24.3 Å². The Labute approximate surface area is 147 Å². The van der Waals surface area contributed by atoms with Crippen molar-refractivity contribution in [1.82, 2.24) is 20.4 Å². The molecule has 2 saturated heterocycles. The van der Waals surface area contributed by atoms with Gasteiger partial charge >= 0.3 is 6.03 Å². The summed E-state index contributed by atoms with van der Waals surface area (Å²) in [5.74, 6) is -0.594. The van der Waals surface area contributed by atoms with Crippen molar-refractivity contribution in [2.75, 3.05) is 26.2 Å². The van der Waals surface area contributed by atoms with Crippen molar-refractivity contribution < 1.29 is 14.4 Å². The number of benzene rings is 1. The van der Waals surface area contributed by atoms with Crippen LogP contribution in [0.1, 0.15) is 25.0 Å². The molecule has 0 aromatic heterocycles. The second-order valence-electron chi connectivity index (χ2n) is 6.95. The number of piperazine rings is 1. The molecule has 4 amide bonds. The highest BCUT2D eigenvalue weighted by molar-refractivity contribution is 6.09. The van der Waals surface area contributed by atoms with Gasteiger partial charge in [-0.05, 0) is 26.3 Å². The van der Waals surface area contributed by atoms with Gasteiger partial charge in [-0.2, -0.15) is 0 Å². The number of carbonyl (C=O) groups excluding carboxylic acids is 3. The van der Waals surface area contributed by atoms with Gasteiger partial charge in [-0.3, -0.25) is 14.5 Å². The molecule has 7 nitrogen and oxygen atoms in total. The third-order valence-electron chi connectivity index (χ3n) is 5.02. The topological polar surface area (TPSA) is 81.8 Å². The number of aryl methyl sites for hydroxylation is 1. The molecule has 1 aromatic carbocycles. The third kappa shape index (κ3) is 3.11. The molecule has 0 spiro atoms. The normalized spacial score (nSPS) is 26.8. The molecule has 2 N–H and O–H groups in total. The number of carbonyl (C=O) groups is 3. The van der Waals surface area contributed by atoms with Gasteiger partial charge in [-0.15, -0.1) is 0 Å². The first-order valence-electron chi connectivity index (χ1n) is 8.54. The molecule has 7 heteroatoms. The predicted octanol–water partition coefficient (Wildman–Crippen LogP) is 0.582. The van der Waals surface area contributed by atoms with E-state index in [2.05, 4.69) is 10.6 Å². The van der Waals surface area contributed by atoms with Crippen LogP contribution >= 0.6 is 0 Å². The Balaban J connectivity index is 1.77. The Morgan fingerprint density at radius 1 is 1.28 bits per heavy atom. The van der Waals surface area contributed by atoms with E-state index in [0.29, 0.717) is 18.7 Å². The molecule has 2 aliphatic rings. The van der Waals surface area contributed by atoms with E-state index in [-0.39, 0.29) is 18.5 Å². The average molecular weight is 344 g/mol. The number of nitrogens with one attached hydrogen (secondary N) is 2. The molecule has 1 aromatic rings. The Bertz CT molecular complexity index is 703. The summed E-state index contributed by atoms with van der Waals surface area (Å²) in [5.41, 5.74) is 0.644. The summed E-state index contributed by atoms with van der Waals surface area (Å²) in [7, 11) is 0. The summed E-state index contributed by atoms with van der Waals surface area (Å²) in [5, 5.41) is 5.96. The molecule has 2 aliphatic heterocycles. The molecule has 2 fully saturated rings. The highest BCUT2D eigenvalue weighted by Crippen LogP contribution is 2.29. The van der Waals surface area contributed by atoms with Crippen LogP contribution in [0.2, 0.25) is 0 Å². The van der Waals surface area contributed by atoms with Gasteiger partial charge in [0.1, 0.15) is 12.1 Å². The van der Waals surface area contributed by atoms with Gasteiger partial charge in [-0.1, -0.05) is 29.8 Å². The largest absolute Gasteiger partial charge is 0.336 e. The second kappa shape index (κ2) is 6.48. The van der Waals surface area contributed by atoms with Crippen molar-refractivity contribution in [2.24, 2.45) is 0 Å². The van der Waals surface area contributed by atoms with Crippen LogP contribution in [0.3, 0.4) is 0 Å². The number of amides is 4. The van der Waals surface area contributed by atoms with Crippen molar-refractivity contribution in [2.45, 2.75) is 32.4 Å². The zero-order chi connectivity index (χ0) is 18.2. The van der Waals surface area contributed by atoms with E-state index in [9.17, 15) is 14.4 Å². The maximum atomic E-state index is 12.9. The van der Waals surface area contributed by atoms with E-state index < -0.39 is 17.5 Å². The van der Waals surface area contributed by atoms with Crippen LogP contribution < -0.4 is 10.6 Å². The molecule has 1 unspecified atom stereocenters. The second-order valence-corrected chi connectivity index (χ2v) is 6.95. The standard InChI is InChI=1S/C18H24N4O3/c1-12-4-6-14(7-5-12)18(3)16(24)22(17(25)20-18)11-15(23)21-9-8-19-10-13(21)2/h4-7,13,19H,8-11H2,1-3H3,(H,20,25)/t13-,18?/m1/s1. The summed E-state index contributed by atoms with van der Waals surface area (Å²) in [6.07, 6.45) is 0. The van der Waals surface area contributed by atoms with Gasteiger partial charge in [0.15, 0.2) is 0 Å². The zero-order valence-corrected chi connectivity index (χ0v) is 14.8. The molecule has 25 heavy (non-hydrogen) atoms. The van der Waals surface area contributed by atoms with Crippen molar-refractivity contribution in [1.29, 1.82) is 0 Å². The van der Waals surface area contributed by atoms with E-state index in [1.165, 1.54) is 0 Å². The predicted molar refractivity (Wildman–Crippen MR) is 92.8 cm³/mol. The molecule has 134 valence electrons. The lowest BCUT2D eigenvalue weighted by atomic mass is 9.91. The van der Waals surface area contributed by atoms with E-state index in [1.807, 2.05) is 38.1 Å². The van der Waals surface area contributed by atoms with Crippen LogP contribution in [0.25, 0.3) is 0 Å². The van der Waals surface area contributed by atoms with Gasteiger partial charge in [0, 0.05) is 25.7 Å². The van der Waals surface area contributed by atoms with Crippen LogP contribution in [-0.4, -0.2) is 59.9 Å².